The maximum atomic E-state index is 13.1. The Balaban J connectivity index is 1.96. The SMILES string of the molecule is CN(C)CCNC(=O)c1ccc(Nc2ccc(F)c(F)c2)cn1. The van der Waals surface area contributed by atoms with Crippen LogP contribution in [-0.2, 0) is 0 Å². The average Bonchev–Trinajstić information content (AvgIpc) is 2.51. The summed E-state index contributed by atoms with van der Waals surface area (Å²) in [5.41, 5.74) is 1.26. The molecule has 1 aromatic carbocycles. The van der Waals surface area contributed by atoms with Crippen LogP contribution in [0.1, 0.15) is 10.5 Å². The molecule has 0 unspecified atom stereocenters. The van der Waals surface area contributed by atoms with Crippen molar-refractivity contribution >= 4 is 17.3 Å². The molecule has 1 amide bonds. The first-order valence-corrected chi connectivity index (χ1v) is 7.07. The number of hydrogen-bond donors (Lipinski definition) is 2. The molecule has 0 aliphatic carbocycles. The number of carbonyl (C=O) groups is 1. The summed E-state index contributed by atoms with van der Waals surface area (Å²) >= 11 is 0. The lowest BCUT2D eigenvalue weighted by molar-refractivity contribution is 0.0946. The molecular weight excluding hydrogens is 302 g/mol. The number of hydrogen-bond acceptors (Lipinski definition) is 4. The number of anilines is 2. The Kier molecular flexibility index (Phi) is 5.59. The highest BCUT2D eigenvalue weighted by Gasteiger charge is 2.07. The van der Waals surface area contributed by atoms with E-state index in [1.807, 2.05) is 19.0 Å². The topological polar surface area (TPSA) is 57.3 Å². The number of amides is 1. The van der Waals surface area contributed by atoms with Gasteiger partial charge in [-0.25, -0.2) is 13.8 Å². The van der Waals surface area contributed by atoms with Crippen LogP contribution in [-0.4, -0.2) is 43.0 Å². The summed E-state index contributed by atoms with van der Waals surface area (Å²) in [5.74, 6) is -2.09. The molecule has 1 heterocycles. The zero-order chi connectivity index (χ0) is 16.8. The highest BCUT2D eigenvalue weighted by atomic mass is 19.2. The van der Waals surface area contributed by atoms with Crippen LogP contribution in [0.2, 0.25) is 0 Å². The van der Waals surface area contributed by atoms with Crippen LogP contribution in [0.5, 0.6) is 0 Å². The van der Waals surface area contributed by atoms with E-state index >= 15 is 0 Å². The average molecular weight is 320 g/mol. The van der Waals surface area contributed by atoms with Crippen LogP contribution in [0.15, 0.2) is 36.5 Å². The minimum absolute atomic E-state index is 0.258. The van der Waals surface area contributed by atoms with E-state index in [0.29, 0.717) is 23.6 Å². The molecule has 0 aliphatic rings. The quantitative estimate of drug-likeness (QED) is 0.858. The van der Waals surface area contributed by atoms with E-state index in [1.165, 1.54) is 12.3 Å². The smallest absolute Gasteiger partial charge is 0.269 e. The number of nitrogens with zero attached hydrogens (tertiary/aromatic N) is 2. The predicted molar refractivity (Wildman–Crippen MR) is 84.8 cm³/mol. The standard InChI is InChI=1S/C16H18F2N4O/c1-22(2)8-7-19-16(23)15-6-4-12(10-20-15)21-11-3-5-13(17)14(18)9-11/h3-6,9-10,21H,7-8H2,1-2H3,(H,19,23). The maximum absolute atomic E-state index is 13.1. The summed E-state index contributed by atoms with van der Waals surface area (Å²) in [6.07, 6.45) is 1.46. The van der Waals surface area contributed by atoms with Gasteiger partial charge in [0.05, 0.1) is 11.9 Å². The lowest BCUT2D eigenvalue weighted by atomic mass is 10.2. The van der Waals surface area contributed by atoms with Gasteiger partial charge < -0.3 is 15.5 Å². The van der Waals surface area contributed by atoms with Crippen LogP contribution in [0, 0.1) is 11.6 Å². The van der Waals surface area contributed by atoms with Crippen LogP contribution in [0.4, 0.5) is 20.2 Å². The van der Waals surface area contributed by atoms with Gasteiger partial charge in [0.2, 0.25) is 0 Å². The monoisotopic (exact) mass is 320 g/mol. The zero-order valence-electron chi connectivity index (χ0n) is 12.9. The van der Waals surface area contributed by atoms with Gasteiger partial charge >= 0.3 is 0 Å². The van der Waals surface area contributed by atoms with Crippen molar-refractivity contribution in [2.75, 3.05) is 32.5 Å². The van der Waals surface area contributed by atoms with Gasteiger partial charge in [-0.3, -0.25) is 4.79 Å². The van der Waals surface area contributed by atoms with E-state index < -0.39 is 11.6 Å². The third-order valence-corrected chi connectivity index (χ3v) is 3.05. The molecule has 0 radical (unpaired) electrons. The van der Waals surface area contributed by atoms with Gasteiger partial charge in [0, 0.05) is 24.8 Å². The summed E-state index contributed by atoms with van der Waals surface area (Å²) in [6.45, 7) is 1.27. The van der Waals surface area contributed by atoms with Gasteiger partial charge in [0.1, 0.15) is 5.69 Å². The third-order valence-electron chi connectivity index (χ3n) is 3.05. The molecule has 2 rings (SSSR count). The predicted octanol–water partition coefficient (Wildman–Crippen LogP) is 2.39. The first-order chi connectivity index (χ1) is 11.0. The first kappa shape index (κ1) is 16.8. The normalized spacial score (nSPS) is 10.7. The summed E-state index contributed by atoms with van der Waals surface area (Å²) in [5, 5.41) is 5.65. The molecule has 0 atom stereocenters. The highest BCUT2D eigenvalue weighted by Crippen LogP contribution is 2.18. The summed E-state index contributed by atoms with van der Waals surface area (Å²) in [4.78, 5) is 17.9. The number of benzene rings is 1. The van der Waals surface area contributed by atoms with Crippen LogP contribution in [0.3, 0.4) is 0 Å². The number of aromatic nitrogens is 1. The van der Waals surface area contributed by atoms with Gasteiger partial charge in [-0.1, -0.05) is 0 Å². The molecule has 0 saturated carbocycles. The van der Waals surface area contributed by atoms with Crippen molar-refractivity contribution in [2.45, 2.75) is 0 Å². The molecule has 5 nitrogen and oxygen atoms in total. The Morgan fingerprint density at radius 1 is 1.13 bits per heavy atom. The molecular formula is C16H18F2N4O. The van der Waals surface area contributed by atoms with Crippen molar-refractivity contribution in [2.24, 2.45) is 0 Å². The minimum Gasteiger partial charge on any atom is -0.354 e. The van der Waals surface area contributed by atoms with Crippen molar-refractivity contribution < 1.29 is 13.6 Å². The van der Waals surface area contributed by atoms with Crippen molar-refractivity contribution in [3.8, 4) is 0 Å². The molecule has 122 valence electrons. The number of carbonyl (C=O) groups excluding carboxylic acids is 1. The van der Waals surface area contributed by atoms with Crippen molar-refractivity contribution in [3.63, 3.8) is 0 Å². The van der Waals surface area contributed by atoms with Gasteiger partial charge in [-0.15, -0.1) is 0 Å². The second-order valence-electron chi connectivity index (χ2n) is 5.25. The Hall–Kier alpha value is -2.54. The maximum Gasteiger partial charge on any atom is 0.269 e. The van der Waals surface area contributed by atoms with E-state index in [-0.39, 0.29) is 5.91 Å². The fourth-order valence-electron chi connectivity index (χ4n) is 1.83. The molecule has 7 heteroatoms. The van der Waals surface area contributed by atoms with E-state index in [2.05, 4.69) is 15.6 Å². The molecule has 0 spiro atoms. The van der Waals surface area contributed by atoms with Crippen LogP contribution < -0.4 is 10.6 Å². The number of likely N-dealkylation sites (N-methyl/N-ethyl adjacent to an activating group) is 1. The number of pyridine rings is 1. The minimum atomic E-state index is -0.931. The Morgan fingerprint density at radius 2 is 1.87 bits per heavy atom. The summed E-state index contributed by atoms with van der Waals surface area (Å²) in [7, 11) is 3.84. The molecule has 0 aliphatic heterocycles. The lowest BCUT2D eigenvalue weighted by Gasteiger charge is -2.10. The summed E-state index contributed by atoms with van der Waals surface area (Å²) in [6, 6.07) is 6.72. The molecule has 1 aromatic heterocycles. The number of nitrogens with one attached hydrogen (secondary N) is 2. The third kappa shape index (κ3) is 5.00. The highest BCUT2D eigenvalue weighted by molar-refractivity contribution is 5.92. The summed E-state index contributed by atoms with van der Waals surface area (Å²) < 4.78 is 26.0. The Bertz CT molecular complexity index is 674. The first-order valence-electron chi connectivity index (χ1n) is 7.07. The lowest BCUT2D eigenvalue weighted by Crippen LogP contribution is -2.31. The van der Waals surface area contributed by atoms with E-state index in [9.17, 15) is 13.6 Å². The van der Waals surface area contributed by atoms with Crippen molar-refractivity contribution in [1.82, 2.24) is 15.2 Å². The molecule has 2 N–H and O–H groups in total. The molecule has 0 saturated heterocycles. The van der Waals surface area contributed by atoms with E-state index in [1.54, 1.807) is 12.1 Å². The van der Waals surface area contributed by atoms with Gasteiger partial charge in [-0.05, 0) is 38.4 Å². The molecule has 23 heavy (non-hydrogen) atoms. The van der Waals surface area contributed by atoms with Gasteiger partial charge in [0.15, 0.2) is 11.6 Å². The number of halogens is 2. The Morgan fingerprint density at radius 3 is 2.48 bits per heavy atom. The van der Waals surface area contributed by atoms with E-state index in [0.717, 1.165) is 18.7 Å². The van der Waals surface area contributed by atoms with E-state index in [4.69, 9.17) is 0 Å². The largest absolute Gasteiger partial charge is 0.354 e. The van der Waals surface area contributed by atoms with Gasteiger partial charge in [0.25, 0.3) is 5.91 Å². The van der Waals surface area contributed by atoms with Crippen LogP contribution in [0.25, 0.3) is 0 Å². The molecule has 2 aromatic rings. The fraction of sp³-hybridized carbons (Fsp3) is 0.250. The van der Waals surface area contributed by atoms with Crippen LogP contribution >= 0.6 is 0 Å². The van der Waals surface area contributed by atoms with Gasteiger partial charge in [-0.2, -0.15) is 0 Å². The zero-order valence-corrected chi connectivity index (χ0v) is 12.9. The molecule has 0 fully saturated rings. The van der Waals surface area contributed by atoms with Crippen molar-refractivity contribution in [1.29, 1.82) is 0 Å². The second-order valence-corrected chi connectivity index (χ2v) is 5.25. The fourth-order valence-corrected chi connectivity index (χ4v) is 1.83. The van der Waals surface area contributed by atoms with Crippen molar-refractivity contribution in [3.05, 3.63) is 53.9 Å². The number of rotatable bonds is 6. The molecule has 0 bridgehead atoms. The Labute approximate surface area is 133 Å². The second kappa shape index (κ2) is 7.64.